The Morgan fingerprint density at radius 3 is 0.738 bits per heavy atom. The SMILES string of the molecule is CSc1c2cc3cc4cc5ccccc5cc4cc3cc2c(SC)c2cc3cc4cc5ccccc5cc4cc3cc12. The second kappa shape index (κ2) is 9.13. The van der Waals surface area contributed by atoms with E-state index in [2.05, 4.69) is 134 Å². The van der Waals surface area contributed by atoms with Gasteiger partial charge in [-0.05, 0) is 171 Å². The van der Waals surface area contributed by atoms with E-state index in [1.807, 2.05) is 23.5 Å². The zero-order chi connectivity index (χ0) is 27.9. The maximum Gasteiger partial charge on any atom is 0.0227 e. The molecular weight excluding hydrogens is 545 g/mol. The summed E-state index contributed by atoms with van der Waals surface area (Å²) in [6.07, 6.45) is 4.45. The van der Waals surface area contributed by atoms with Crippen molar-refractivity contribution in [2.45, 2.75) is 9.79 Å². The first-order valence-electron chi connectivity index (χ1n) is 14.3. The minimum Gasteiger partial charge on any atom is -0.128 e. The van der Waals surface area contributed by atoms with Gasteiger partial charge in [0.15, 0.2) is 0 Å². The third-order valence-electron chi connectivity index (χ3n) is 8.98. The van der Waals surface area contributed by atoms with Crippen LogP contribution in [0.2, 0.25) is 0 Å². The van der Waals surface area contributed by atoms with E-state index in [4.69, 9.17) is 0 Å². The predicted molar refractivity (Wildman–Crippen MR) is 190 cm³/mol. The van der Waals surface area contributed by atoms with E-state index in [1.54, 1.807) is 0 Å². The second-order valence-electron chi connectivity index (χ2n) is 11.4. The maximum atomic E-state index is 2.43. The van der Waals surface area contributed by atoms with Crippen LogP contribution in [0.1, 0.15) is 0 Å². The van der Waals surface area contributed by atoms with E-state index >= 15 is 0 Å². The number of fused-ring (bicyclic) bond motifs is 8. The summed E-state index contributed by atoms with van der Waals surface area (Å²) in [5.41, 5.74) is 0. The van der Waals surface area contributed by atoms with Gasteiger partial charge in [0, 0.05) is 9.79 Å². The molecule has 0 N–H and O–H groups in total. The zero-order valence-corrected chi connectivity index (χ0v) is 25.0. The van der Waals surface area contributed by atoms with Crippen molar-refractivity contribution < 1.29 is 0 Å². The largest absolute Gasteiger partial charge is 0.128 e. The molecule has 0 saturated carbocycles. The van der Waals surface area contributed by atoms with Crippen molar-refractivity contribution in [1.82, 2.24) is 0 Å². The van der Waals surface area contributed by atoms with Gasteiger partial charge in [0.05, 0.1) is 0 Å². The fraction of sp³-hybridized carbons (Fsp3) is 0.0500. The first kappa shape index (κ1) is 24.4. The van der Waals surface area contributed by atoms with Crippen molar-refractivity contribution >= 4 is 110 Å². The third kappa shape index (κ3) is 3.59. The number of hydrogen-bond donors (Lipinski definition) is 0. The van der Waals surface area contributed by atoms with Crippen LogP contribution in [0, 0.1) is 0 Å². The molecule has 0 nitrogen and oxygen atoms in total. The molecule has 0 aliphatic carbocycles. The van der Waals surface area contributed by atoms with E-state index in [1.165, 1.54) is 96.0 Å². The van der Waals surface area contributed by atoms with Crippen LogP contribution in [0.5, 0.6) is 0 Å². The van der Waals surface area contributed by atoms with Gasteiger partial charge in [0.25, 0.3) is 0 Å². The molecule has 0 atom stereocenters. The monoisotopic (exact) mass is 570 g/mol. The van der Waals surface area contributed by atoms with Crippen LogP contribution in [-0.4, -0.2) is 12.5 Å². The summed E-state index contributed by atoms with van der Waals surface area (Å²) in [6, 6.07) is 45.9. The standard InChI is InChI=1S/C40H26S2/c1-41-39-35-19-31-15-27-11-23-7-3-5-9-25(23)13-29(27)17-33(31)21-37(35)40(42-2)38-22-34-18-30-14-26-10-6-4-8-24(26)12-28(30)16-32(34)20-36(38)39/h3-22H,1-2H3. The Morgan fingerprint density at radius 1 is 0.286 bits per heavy atom. The van der Waals surface area contributed by atoms with Crippen LogP contribution < -0.4 is 0 Å². The van der Waals surface area contributed by atoms with E-state index < -0.39 is 0 Å². The molecule has 0 bridgehead atoms. The van der Waals surface area contributed by atoms with Gasteiger partial charge in [-0.25, -0.2) is 0 Å². The number of thioether (sulfide) groups is 2. The van der Waals surface area contributed by atoms with Crippen LogP contribution in [0.25, 0.3) is 86.2 Å². The molecule has 0 fully saturated rings. The van der Waals surface area contributed by atoms with Crippen molar-refractivity contribution in [1.29, 1.82) is 0 Å². The fourth-order valence-corrected chi connectivity index (χ4v) is 8.52. The molecule has 0 radical (unpaired) electrons. The summed E-state index contributed by atoms with van der Waals surface area (Å²) in [5.74, 6) is 0. The van der Waals surface area contributed by atoms with Crippen LogP contribution in [-0.2, 0) is 0 Å². The molecule has 0 aliphatic rings. The maximum absolute atomic E-state index is 2.43. The Kier molecular flexibility index (Phi) is 5.30. The average molecular weight is 571 g/mol. The molecule has 198 valence electrons. The molecule has 9 rings (SSSR count). The van der Waals surface area contributed by atoms with E-state index in [0.717, 1.165) is 0 Å². The lowest BCUT2D eigenvalue weighted by Crippen LogP contribution is -1.89. The number of rotatable bonds is 2. The first-order chi connectivity index (χ1) is 20.7. The normalized spacial score (nSPS) is 12.2. The minimum atomic E-state index is 1.29. The molecule has 0 heterocycles. The van der Waals surface area contributed by atoms with Gasteiger partial charge >= 0.3 is 0 Å². The molecule has 0 spiro atoms. The van der Waals surface area contributed by atoms with Crippen LogP contribution >= 0.6 is 23.5 Å². The molecule has 9 aromatic rings. The summed E-state index contributed by atoms with van der Waals surface area (Å²) < 4.78 is 0. The fourth-order valence-electron chi connectivity index (χ4n) is 6.97. The highest BCUT2D eigenvalue weighted by Crippen LogP contribution is 2.45. The summed E-state index contributed by atoms with van der Waals surface area (Å²) >= 11 is 3.73. The Labute approximate surface area is 252 Å². The smallest absolute Gasteiger partial charge is 0.0227 e. The Hall–Kier alpha value is -4.24. The Balaban J connectivity index is 1.37. The molecule has 2 heteroatoms. The lowest BCUT2D eigenvalue weighted by molar-refractivity contribution is 1.57. The Morgan fingerprint density at radius 2 is 0.500 bits per heavy atom. The molecule has 9 aromatic carbocycles. The van der Waals surface area contributed by atoms with Crippen molar-refractivity contribution in [3.8, 4) is 0 Å². The van der Waals surface area contributed by atoms with Gasteiger partial charge < -0.3 is 0 Å². The highest BCUT2D eigenvalue weighted by atomic mass is 32.2. The van der Waals surface area contributed by atoms with Gasteiger partial charge in [-0.2, -0.15) is 0 Å². The lowest BCUT2D eigenvalue weighted by Gasteiger charge is -2.17. The van der Waals surface area contributed by atoms with Crippen molar-refractivity contribution in [2.75, 3.05) is 12.5 Å². The summed E-state index contributed by atoms with van der Waals surface area (Å²) in [6.45, 7) is 0. The summed E-state index contributed by atoms with van der Waals surface area (Å²) in [7, 11) is 0. The quantitative estimate of drug-likeness (QED) is 0.150. The van der Waals surface area contributed by atoms with Crippen LogP contribution in [0.4, 0.5) is 0 Å². The molecule has 0 saturated heterocycles. The number of benzene rings is 9. The van der Waals surface area contributed by atoms with Crippen molar-refractivity contribution in [3.05, 3.63) is 121 Å². The molecule has 42 heavy (non-hydrogen) atoms. The highest BCUT2D eigenvalue weighted by Gasteiger charge is 2.16. The van der Waals surface area contributed by atoms with E-state index in [9.17, 15) is 0 Å². The van der Waals surface area contributed by atoms with E-state index in [-0.39, 0.29) is 0 Å². The molecule has 0 amide bonds. The lowest BCUT2D eigenvalue weighted by atomic mass is 9.94. The summed E-state index contributed by atoms with van der Waals surface area (Å²) in [5, 5.41) is 20.9. The topological polar surface area (TPSA) is 0 Å². The van der Waals surface area contributed by atoms with Gasteiger partial charge in [-0.15, -0.1) is 23.5 Å². The van der Waals surface area contributed by atoms with Crippen LogP contribution in [0.15, 0.2) is 131 Å². The third-order valence-corrected chi connectivity index (χ3v) is 10.7. The van der Waals surface area contributed by atoms with E-state index in [0.29, 0.717) is 0 Å². The first-order valence-corrected chi connectivity index (χ1v) is 16.8. The van der Waals surface area contributed by atoms with Gasteiger partial charge in [0.2, 0.25) is 0 Å². The van der Waals surface area contributed by atoms with Gasteiger partial charge in [-0.3, -0.25) is 0 Å². The molecular formula is C40H26S2. The summed E-state index contributed by atoms with van der Waals surface area (Å²) in [4.78, 5) is 2.72. The zero-order valence-electron chi connectivity index (χ0n) is 23.4. The van der Waals surface area contributed by atoms with Gasteiger partial charge in [-0.1, -0.05) is 48.5 Å². The Bertz CT molecular complexity index is 2240. The van der Waals surface area contributed by atoms with Crippen molar-refractivity contribution in [3.63, 3.8) is 0 Å². The van der Waals surface area contributed by atoms with Crippen LogP contribution in [0.3, 0.4) is 0 Å². The van der Waals surface area contributed by atoms with Gasteiger partial charge in [0.1, 0.15) is 0 Å². The number of hydrogen-bond acceptors (Lipinski definition) is 2. The molecule has 0 aliphatic heterocycles. The second-order valence-corrected chi connectivity index (χ2v) is 13.0. The highest BCUT2D eigenvalue weighted by molar-refractivity contribution is 7.99. The minimum absolute atomic E-state index is 1.29. The predicted octanol–water partition coefficient (Wildman–Crippen LogP) is 12.4. The average Bonchev–Trinajstić information content (AvgIpc) is 3.01. The molecule has 0 unspecified atom stereocenters. The molecule has 0 aromatic heterocycles. The van der Waals surface area contributed by atoms with Crippen molar-refractivity contribution in [2.24, 2.45) is 0 Å².